The van der Waals surface area contributed by atoms with E-state index < -0.39 is 0 Å². The Bertz CT molecular complexity index is 662. The molecule has 2 aromatic heterocycles. The van der Waals surface area contributed by atoms with Crippen LogP contribution >= 0.6 is 11.5 Å². The first-order valence-corrected chi connectivity index (χ1v) is 9.93. The summed E-state index contributed by atoms with van der Waals surface area (Å²) in [5, 5.41) is 5.66. The van der Waals surface area contributed by atoms with Crippen LogP contribution in [0.5, 0.6) is 0 Å². The molecule has 0 aromatic carbocycles. The molecule has 0 N–H and O–H groups in total. The van der Waals surface area contributed by atoms with Crippen molar-refractivity contribution in [3.05, 3.63) is 23.8 Å². The monoisotopic (exact) mass is 346 g/mol. The maximum absolute atomic E-state index is 4.65. The van der Waals surface area contributed by atoms with E-state index in [9.17, 15) is 0 Å². The van der Waals surface area contributed by atoms with Crippen LogP contribution in [0.2, 0.25) is 0 Å². The molecule has 0 bridgehead atoms. The summed E-state index contributed by atoms with van der Waals surface area (Å²) in [6.07, 6.45) is 7.99. The number of aryl methyl sites for hydroxylation is 1. The molecule has 0 spiro atoms. The molecule has 6 nitrogen and oxygen atoms in total. The Morgan fingerprint density at radius 1 is 1.17 bits per heavy atom. The second-order valence-electron chi connectivity index (χ2n) is 6.82. The summed E-state index contributed by atoms with van der Waals surface area (Å²) in [6.45, 7) is 7.47. The number of aromatic nitrogens is 4. The fraction of sp³-hybridized carbons (Fsp3) is 0.706. The van der Waals surface area contributed by atoms with E-state index in [0.717, 1.165) is 50.1 Å². The lowest BCUT2D eigenvalue weighted by molar-refractivity contribution is 0.244. The third kappa shape index (κ3) is 3.32. The topological polar surface area (TPSA) is 50.1 Å². The third-order valence-electron chi connectivity index (χ3n) is 5.19. The number of hydrogen-bond donors (Lipinski definition) is 0. The van der Waals surface area contributed by atoms with Crippen molar-refractivity contribution < 1.29 is 0 Å². The Balaban J connectivity index is 1.37. The van der Waals surface area contributed by atoms with E-state index in [-0.39, 0.29) is 0 Å². The Morgan fingerprint density at radius 2 is 2.08 bits per heavy atom. The second-order valence-corrected chi connectivity index (χ2v) is 7.55. The maximum Gasteiger partial charge on any atom is 0.205 e. The average Bonchev–Trinajstić information content (AvgIpc) is 3.12. The number of anilines is 1. The Hall–Kier alpha value is -1.47. The Kier molecular flexibility index (Phi) is 4.80. The molecule has 7 heteroatoms. The lowest BCUT2D eigenvalue weighted by Gasteiger charge is -2.29. The fourth-order valence-electron chi connectivity index (χ4n) is 3.49. The van der Waals surface area contributed by atoms with Gasteiger partial charge in [0.15, 0.2) is 0 Å². The van der Waals surface area contributed by atoms with Gasteiger partial charge in [0.2, 0.25) is 5.13 Å². The molecule has 0 unspecified atom stereocenters. The van der Waals surface area contributed by atoms with Crippen molar-refractivity contribution in [2.75, 3.05) is 31.1 Å². The van der Waals surface area contributed by atoms with Gasteiger partial charge in [-0.05, 0) is 31.7 Å². The van der Waals surface area contributed by atoms with E-state index in [1.165, 1.54) is 31.4 Å². The zero-order chi connectivity index (χ0) is 16.4. The summed E-state index contributed by atoms with van der Waals surface area (Å²) in [7, 11) is 0. The van der Waals surface area contributed by atoms with Crippen LogP contribution in [0, 0.1) is 0 Å². The van der Waals surface area contributed by atoms with Gasteiger partial charge in [0, 0.05) is 56.9 Å². The van der Waals surface area contributed by atoms with E-state index in [1.807, 2.05) is 6.20 Å². The molecule has 24 heavy (non-hydrogen) atoms. The van der Waals surface area contributed by atoms with Crippen molar-refractivity contribution >= 4 is 16.7 Å². The molecule has 3 heterocycles. The highest BCUT2D eigenvalue weighted by Crippen LogP contribution is 2.32. The second kappa shape index (κ2) is 7.19. The van der Waals surface area contributed by atoms with Crippen molar-refractivity contribution in [1.29, 1.82) is 0 Å². The van der Waals surface area contributed by atoms with Crippen molar-refractivity contribution in [3.63, 3.8) is 0 Å². The zero-order valence-electron chi connectivity index (χ0n) is 14.4. The van der Waals surface area contributed by atoms with E-state index in [4.69, 9.17) is 0 Å². The number of rotatable bonds is 5. The maximum atomic E-state index is 4.65. The highest BCUT2D eigenvalue weighted by Gasteiger charge is 2.24. The lowest BCUT2D eigenvalue weighted by atomic mass is 9.93. The van der Waals surface area contributed by atoms with E-state index in [1.54, 1.807) is 11.5 Å². The lowest BCUT2D eigenvalue weighted by Crippen LogP contribution is -2.31. The van der Waals surface area contributed by atoms with E-state index in [0.29, 0.717) is 6.04 Å². The number of nitrogens with zero attached hydrogens (tertiary/aromatic N) is 6. The van der Waals surface area contributed by atoms with Crippen LogP contribution in [-0.4, -0.2) is 50.2 Å². The standard InChI is InChI=1S/C17H26N6S/c1-2-16-19-17(24-20-16)22-10-4-9-21(11-12-22)13-15-7-8-18-23(15)14-5-3-6-14/h7-8,14H,2-6,9-13H2,1H3. The van der Waals surface area contributed by atoms with Crippen LogP contribution in [0.1, 0.15) is 50.2 Å². The van der Waals surface area contributed by atoms with Gasteiger partial charge in [0.25, 0.3) is 0 Å². The highest BCUT2D eigenvalue weighted by atomic mass is 32.1. The van der Waals surface area contributed by atoms with Gasteiger partial charge in [-0.25, -0.2) is 4.98 Å². The molecule has 130 valence electrons. The van der Waals surface area contributed by atoms with Gasteiger partial charge < -0.3 is 4.90 Å². The van der Waals surface area contributed by atoms with Crippen molar-refractivity contribution in [2.24, 2.45) is 0 Å². The zero-order valence-corrected chi connectivity index (χ0v) is 15.2. The van der Waals surface area contributed by atoms with Crippen LogP contribution in [0.15, 0.2) is 12.3 Å². The molecule has 0 radical (unpaired) electrons. The Morgan fingerprint density at radius 3 is 2.83 bits per heavy atom. The molecule has 1 saturated carbocycles. The number of hydrogen-bond acceptors (Lipinski definition) is 6. The van der Waals surface area contributed by atoms with Gasteiger partial charge in [-0.1, -0.05) is 6.92 Å². The van der Waals surface area contributed by atoms with Gasteiger partial charge in [-0.3, -0.25) is 9.58 Å². The Labute approximate surface area is 147 Å². The van der Waals surface area contributed by atoms with Crippen molar-refractivity contribution in [2.45, 2.75) is 51.6 Å². The first-order chi connectivity index (χ1) is 11.8. The van der Waals surface area contributed by atoms with Gasteiger partial charge in [-0.15, -0.1) is 0 Å². The fourth-order valence-corrected chi connectivity index (χ4v) is 4.29. The summed E-state index contributed by atoms with van der Waals surface area (Å²) in [5.41, 5.74) is 1.37. The largest absolute Gasteiger partial charge is 0.346 e. The van der Waals surface area contributed by atoms with Crippen molar-refractivity contribution in [1.82, 2.24) is 24.0 Å². The molecule has 2 aliphatic rings. The molecule has 1 saturated heterocycles. The third-order valence-corrected chi connectivity index (χ3v) is 6.01. The SMILES string of the molecule is CCc1nsc(N2CCCN(Cc3ccnn3C3CCC3)CC2)n1. The van der Waals surface area contributed by atoms with Crippen LogP contribution < -0.4 is 4.90 Å². The van der Waals surface area contributed by atoms with E-state index >= 15 is 0 Å². The van der Waals surface area contributed by atoms with Crippen LogP contribution in [0.4, 0.5) is 5.13 Å². The van der Waals surface area contributed by atoms with Gasteiger partial charge in [0.1, 0.15) is 5.82 Å². The molecule has 4 rings (SSSR count). The highest BCUT2D eigenvalue weighted by molar-refractivity contribution is 7.09. The molecule has 2 fully saturated rings. The predicted octanol–water partition coefficient (Wildman–Crippen LogP) is 2.73. The van der Waals surface area contributed by atoms with Crippen LogP contribution in [0.25, 0.3) is 0 Å². The molecule has 0 atom stereocenters. The quantitative estimate of drug-likeness (QED) is 0.833. The van der Waals surface area contributed by atoms with Crippen molar-refractivity contribution in [3.8, 4) is 0 Å². The summed E-state index contributed by atoms with van der Waals surface area (Å²) in [5.74, 6) is 0.973. The van der Waals surface area contributed by atoms with Crippen LogP contribution in [-0.2, 0) is 13.0 Å². The summed E-state index contributed by atoms with van der Waals surface area (Å²) in [4.78, 5) is 9.62. The predicted molar refractivity (Wildman–Crippen MR) is 96.5 cm³/mol. The molecular weight excluding hydrogens is 320 g/mol. The summed E-state index contributed by atoms with van der Waals surface area (Å²) >= 11 is 1.55. The minimum Gasteiger partial charge on any atom is -0.346 e. The normalized spacial score (nSPS) is 20.1. The molecular formula is C17H26N6S. The summed E-state index contributed by atoms with van der Waals surface area (Å²) in [6, 6.07) is 2.84. The first-order valence-electron chi connectivity index (χ1n) is 9.15. The molecule has 1 aliphatic carbocycles. The summed E-state index contributed by atoms with van der Waals surface area (Å²) < 4.78 is 6.70. The molecule has 1 aliphatic heterocycles. The smallest absolute Gasteiger partial charge is 0.205 e. The first kappa shape index (κ1) is 16.0. The molecule has 0 amide bonds. The van der Waals surface area contributed by atoms with E-state index in [2.05, 4.69) is 41.9 Å². The van der Waals surface area contributed by atoms with Gasteiger partial charge >= 0.3 is 0 Å². The average molecular weight is 347 g/mol. The minimum absolute atomic E-state index is 0.646. The van der Waals surface area contributed by atoms with Crippen LogP contribution in [0.3, 0.4) is 0 Å². The van der Waals surface area contributed by atoms with Gasteiger partial charge in [0.05, 0.1) is 11.7 Å². The van der Waals surface area contributed by atoms with Gasteiger partial charge in [-0.2, -0.15) is 9.47 Å². The molecule has 2 aromatic rings. The minimum atomic E-state index is 0.646.